The third-order valence-electron chi connectivity index (χ3n) is 6.65. The van der Waals surface area contributed by atoms with Gasteiger partial charge in [0, 0.05) is 29.6 Å². The molecule has 4 aromatic heterocycles. The van der Waals surface area contributed by atoms with Gasteiger partial charge in [-0.1, -0.05) is 25.2 Å². The van der Waals surface area contributed by atoms with Crippen LogP contribution < -0.4 is 16.0 Å². The maximum atomic E-state index is 14.1. The first-order valence-corrected chi connectivity index (χ1v) is 12.1. The highest BCUT2D eigenvalue weighted by Gasteiger charge is 2.24. The van der Waals surface area contributed by atoms with Gasteiger partial charge in [-0.25, -0.2) is 19.3 Å². The number of hydrogen-bond acceptors (Lipinski definition) is 8. The second kappa shape index (κ2) is 9.62. The molecule has 6 rings (SSSR count). The quantitative estimate of drug-likeness (QED) is 0.324. The topological polar surface area (TPSA) is 101 Å². The van der Waals surface area contributed by atoms with Crippen LogP contribution in [0, 0.1) is 17.7 Å². The largest absolute Gasteiger partial charge is 0.366 e. The molecule has 2 atom stereocenters. The van der Waals surface area contributed by atoms with Crippen LogP contribution in [-0.4, -0.2) is 44.1 Å². The molecule has 0 aromatic carbocycles. The maximum Gasteiger partial charge on any atom is 0.214 e. The van der Waals surface area contributed by atoms with Crippen molar-refractivity contribution in [2.45, 2.75) is 19.4 Å². The van der Waals surface area contributed by atoms with Gasteiger partial charge in [0.25, 0.3) is 0 Å². The van der Waals surface area contributed by atoms with Crippen LogP contribution in [0.2, 0.25) is 0 Å². The Labute approximate surface area is 212 Å². The second-order valence-electron chi connectivity index (χ2n) is 9.20. The first-order valence-electron chi connectivity index (χ1n) is 12.1. The summed E-state index contributed by atoms with van der Waals surface area (Å²) >= 11 is 0. The van der Waals surface area contributed by atoms with Crippen LogP contribution in [0.5, 0.6) is 0 Å². The molecule has 1 aliphatic heterocycles. The standard InChI is InChI=1S/C27H24F2N8/c1-15-12-30-9-8-20(15)33-27-24-18(16-3-2-4-16)13-31-14-21(24)34-25(37-27)17-7-10-32-23(11-17)36-26-19(28)5-6-22(29)35-26/h2-7,10-11,13-15,20,30H,8-9,12H2,1H3,(H,32,35,36)(H,33,34,37)/t15-,20-/m1/s1. The molecule has 0 spiro atoms. The van der Waals surface area contributed by atoms with Crippen LogP contribution >= 0.6 is 0 Å². The van der Waals surface area contributed by atoms with Gasteiger partial charge in [0.05, 0.1) is 17.1 Å². The lowest BCUT2D eigenvalue weighted by molar-refractivity contribution is 0.368. The Morgan fingerprint density at radius 3 is 2.76 bits per heavy atom. The fraction of sp³-hybridized carbons (Fsp3) is 0.222. The van der Waals surface area contributed by atoms with Gasteiger partial charge in [-0.05, 0) is 55.3 Å². The number of aromatic nitrogens is 5. The Kier molecular flexibility index (Phi) is 6.01. The number of pyridine rings is 3. The molecule has 3 N–H and O–H groups in total. The Morgan fingerprint density at radius 2 is 1.95 bits per heavy atom. The van der Waals surface area contributed by atoms with E-state index in [0.29, 0.717) is 22.8 Å². The molecule has 0 unspecified atom stereocenters. The summed E-state index contributed by atoms with van der Waals surface area (Å²) in [6, 6.07) is 5.67. The molecule has 1 aliphatic carbocycles. The molecule has 186 valence electrons. The van der Waals surface area contributed by atoms with Gasteiger partial charge in [0.15, 0.2) is 17.5 Å². The molecule has 0 radical (unpaired) electrons. The minimum atomic E-state index is -0.791. The zero-order valence-corrected chi connectivity index (χ0v) is 20.0. The molecule has 10 heteroatoms. The lowest BCUT2D eigenvalue weighted by Crippen LogP contribution is -2.42. The summed E-state index contributed by atoms with van der Waals surface area (Å²) in [7, 11) is 0. The highest BCUT2D eigenvalue weighted by atomic mass is 19.1. The molecule has 4 aromatic rings. The number of allylic oxidation sites excluding steroid dienone is 4. The summed E-state index contributed by atoms with van der Waals surface area (Å²) < 4.78 is 27.7. The smallest absolute Gasteiger partial charge is 0.214 e. The SMILES string of the molecule is C[C@@H]1CNCC[C@H]1Nc1nc(-c2ccnc(Nc3nc(F)ccc3F)c2)nc2cncc(C3=CC=C3)c12. The average molecular weight is 499 g/mol. The van der Waals surface area contributed by atoms with E-state index < -0.39 is 11.8 Å². The summed E-state index contributed by atoms with van der Waals surface area (Å²) in [5.41, 5.74) is 3.42. The van der Waals surface area contributed by atoms with Crippen LogP contribution in [0.1, 0.15) is 18.9 Å². The van der Waals surface area contributed by atoms with E-state index in [9.17, 15) is 8.78 Å². The lowest BCUT2D eigenvalue weighted by atomic mass is 9.94. The third kappa shape index (κ3) is 4.63. The Bertz CT molecular complexity index is 1550. The van der Waals surface area contributed by atoms with Crippen molar-refractivity contribution in [3.63, 3.8) is 0 Å². The minimum Gasteiger partial charge on any atom is -0.366 e. The molecule has 1 saturated heterocycles. The van der Waals surface area contributed by atoms with Gasteiger partial charge in [-0.3, -0.25) is 4.98 Å². The molecule has 8 nitrogen and oxygen atoms in total. The van der Waals surface area contributed by atoms with E-state index in [1.54, 1.807) is 24.5 Å². The van der Waals surface area contributed by atoms with Gasteiger partial charge < -0.3 is 16.0 Å². The summed E-state index contributed by atoms with van der Waals surface area (Å²) in [6.07, 6.45) is 12.2. The van der Waals surface area contributed by atoms with Crippen LogP contribution in [0.25, 0.3) is 27.9 Å². The van der Waals surface area contributed by atoms with Crippen molar-refractivity contribution in [3.8, 4) is 11.4 Å². The fourth-order valence-corrected chi connectivity index (χ4v) is 4.58. The fourth-order valence-electron chi connectivity index (χ4n) is 4.58. The predicted octanol–water partition coefficient (Wildman–Crippen LogP) is 4.87. The van der Waals surface area contributed by atoms with Gasteiger partial charge in [0.1, 0.15) is 11.6 Å². The third-order valence-corrected chi connectivity index (χ3v) is 6.65. The van der Waals surface area contributed by atoms with Crippen molar-refractivity contribution in [3.05, 3.63) is 78.4 Å². The summed E-state index contributed by atoms with van der Waals surface area (Å²) in [6.45, 7) is 4.08. The van der Waals surface area contributed by atoms with Crippen LogP contribution in [0.3, 0.4) is 0 Å². The van der Waals surface area contributed by atoms with Crippen molar-refractivity contribution in [2.75, 3.05) is 23.7 Å². The molecule has 1 fully saturated rings. The first-order chi connectivity index (χ1) is 18.0. The number of halogens is 2. The van der Waals surface area contributed by atoms with Gasteiger partial charge in [0.2, 0.25) is 5.95 Å². The first kappa shape index (κ1) is 23.1. The van der Waals surface area contributed by atoms with E-state index >= 15 is 0 Å². The van der Waals surface area contributed by atoms with Gasteiger partial charge in [-0.2, -0.15) is 9.37 Å². The lowest BCUT2D eigenvalue weighted by Gasteiger charge is -2.31. The Morgan fingerprint density at radius 1 is 1.05 bits per heavy atom. The molecule has 0 amide bonds. The van der Waals surface area contributed by atoms with E-state index in [1.165, 1.54) is 0 Å². The zero-order valence-electron chi connectivity index (χ0n) is 20.0. The van der Waals surface area contributed by atoms with E-state index in [0.717, 1.165) is 54.0 Å². The number of rotatable bonds is 6. The monoisotopic (exact) mass is 498 g/mol. The molecule has 5 heterocycles. The molecule has 37 heavy (non-hydrogen) atoms. The second-order valence-corrected chi connectivity index (χ2v) is 9.20. The van der Waals surface area contributed by atoms with E-state index in [1.807, 2.05) is 24.4 Å². The van der Waals surface area contributed by atoms with Crippen LogP contribution in [0.15, 0.2) is 61.1 Å². The van der Waals surface area contributed by atoms with Crippen molar-refractivity contribution in [1.29, 1.82) is 0 Å². The number of fused-ring (bicyclic) bond motifs is 1. The number of hydrogen-bond donors (Lipinski definition) is 3. The normalized spacial score (nSPS) is 18.8. The number of piperidine rings is 1. The zero-order chi connectivity index (χ0) is 25.4. The van der Waals surface area contributed by atoms with Crippen molar-refractivity contribution < 1.29 is 8.78 Å². The van der Waals surface area contributed by atoms with Crippen LogP contribution in [0.4, 0.5) is 26.2 Å². The summed E-state index contributed by atoms with van der Waals surface area (Å²) in [5, 5.41) is 10.8. The number of nitrogens with one attached hydrogen (secondary N) is 3. The molecule has 0 saturated carbocycles. The Balaban J connectivity index is 1.42. The highest BCUT2D eigenvalue weighted by molar-refractivity contribution is 6.02. The molecule has 2 aliphatic rings. The molecular weight excluding hydrogens is 474 g/mol. The summed E-state index contributed by atoms with van der Waals surface area (Å²) in [5.74, 6) is 0.184. The van der Waals surface area contributed by atoms with Gasteiger partial charge in [-0.15, -0.1) is 0 Å². The minimum absolute atomic E-state index is 0.246. The number of nitrogens with zero attached hydrogens (tertiary/aromatic N) is 5. The Hall–Kier alpha value is -4.31. The maximum absolute atomic E-state index is 14.1. The van der Waals surface area contributed by atoms with E-state index in [2.05, 4.69) is 37.8 Å². The molecule has 0 bridgehead atoms. The summed E-state index contributed by atoms with van der Waals surface area (Å²) in [4.78, 5) is 22.0. The van der Waals surface area contributed by atoms with Crippen molar-refractivity contribution in [1.82, 2.24) is 30.2 Å². The van der Waals surface area contributed by atoms with E-state index in [4.69, 9.17) is 9.97 Å². The van der Waals surface area contributed by atoms with Crippen LogP contribution in [-0.2, 0) is 0 Å². The van der Waals surface area contributed by atoms with Crippen molar-refractivity contribution in [2.24, 2.45) is 5.92 Å². The van der Waals surface area contributed by atoms with E-state index in [-0.39, 0.29) is 17.7 Å². The van der Waals surface area contributed by atoms with Gasteiger partial charge >= 0.3 is 0 Å². The number of anilines is 3. The highest BCUT2D eigenvalue weighted by Crippen LogP contribution is 2.34. The molecular formula is C27H24F2N8. The predicted molar refractivity (Wildman–Crippen MR) is 139 cm³/mol. The average Bonchev–Trinajstić information content (AvgIpc) is 2.87. The van der Waals surface area contributed by atoms with Crippen molar-refractivity contribution >= 4 is 33.9 Å².